The lowest BCUT2D eigenvalue weighted by Gasteiger charge is -2.16. The molecule has 11 heteroatoms. The van der Waals surface area contributed by atoms with Gasteiger partial charge in [0.2, 0.25) is 9.47 Å². The highest BCUT2D eigenvalue weighted by Crippen LogP contribution is 2.31. The second kappa shape index (κ2) is 10.7. The summed E-state index contributed by atoms with van der Waals surface area (Å²) >= 11 is 0.775. The zero-order chi connectivity index (χ0) is 24.0. The highest BCUT2D eigenvalue weighted by molar-refractivity contribution is 7.91. The predicted octanol–water partition coefficient (Wildman–Crippen LogP) is 3.94. The summed E-state index contributed by atoms with van der Waals surface area (Å²) in [5.41, 5.74) is 2.08. The summed E-state index contributed by atoms with van der Waals surface area (Å²) in [5.74, 6) is 0.745. The fourth-order valence-corrected chi connectivity index (χ4v) is 5.16. The number of nitrogens with zero attached hydrogens (tertiary/aromatic N) is 2. The van der Waals surface area contributed by atoms with E-state index >= 15 is 0 Å². The summed E-state index contributed by atoms with van der Waals surface area (Å²) in [4.78, 5) is 12.4. The third kappa shape index (κ3) is 6.28. The zero-order valence-corrected chi connectivity index (χ0v) is 20.4. The second-order valence-corrected chi connectivity index (χ2v) is 9.98. The number of amides is 1. The van der Waals surface area contributed by atoms with Gasteiger partial charge in [-0.2, -0.15) is 0 Å². The minimum atomic E-state index is -3.97. The molecule has 3 aromatic rings. The summed E-state index contributed by atoms with van der Waals surface area (Å²) in [7, 11) is -3.97. The summed E-state index contributed by atoms with van der Waals surface area (Å²) in [6.45, 7) is 8.26. The van der Waals surface area contributed by atoms with Crippen molar-refractivity contribution < 1.29 is 22.7 Å². The van der Waals surface area contributed by atoms with E-state index in [9.17, 15) is 13.2 Å². The van der Waals surface area contributed by atoms with E-state index in [0.717, 1.165) is 16.9 Å². The molecular formula is C22H26N4O5S2. The molecule has 0 fully saturated rings. The van der Waals surface area contributed by atoms with Gasteiger partial charge in [0.1, 0.15) is 0 Å². The topological polar surface area (TPSA) is 120 Å². The van der Waals surface area contributed by atoms with E-state index in [1.807, 2.05) is 26.8 Å². The fraction of sp³-hybridized carbons (Fsp3) is 0.318. The van der Waals surface area contributed by atoms with Crippen LogP contribution in [0.2, 0.25) is 0 Å². The molecule has 2 aromatic carbocycles. The van der Waals surface area contributed by atoms with Crippen molar-refractivity contribution in [1.29, 1.82) is 0 Å². The maximum absolute atomic E-state index is 12.8. The van der Waals surface area contributed by atoms with E-state index in [2.05, 4.69) is 20.2 Å². The van der Waals surface area contributed by atoms with E-state index < -0.39 is 22.0 Å². The molecule has 0 aliphatic heterocycles. The first-order valence-electron chi connectivity index (χ1n) is 10.4. The molecule has 0 bridgehead atoms. The molecule has 0 aliphatic rings. The van der Waals surface area contributed by atoms with E-state index in [1.165, 1.54) is 0 Å². The Balaban J connectivity index is 1.72. The van der Waals surface area contributed by atoms with Crippen molar-refractivity contribution in [3.05, 3.63) is 59.2 Å². The van der Waals surface area contributed by atoms with Crippen molar-refractivity contribution in [3.8, 4) is 11.5 Å². The molecule has 1 atom stereocenters. The number of nitrogens with one attached hydrogen (secondary N) is 2. The molecule has 1 amide bonds. The smallest absolute Gasteiger partial charge is 0.270 e. The zero-order valence-electron chi connectivity index (χ0n) is 18.8. The lowest BCUT2D eigenvalue weighted by molar-refractivity contribution is 0.102. The molecule has 33 heavy (non-hydrogen) atoms. The quantitative estimate of drug-likeness (QED) is 0.413. The molecule has 1 heterocycles. The van der Waals surface area contributed by atoms with Crippen molar-refractivity contribution in [1.82, 2.24) is 14.9 Å². The van der Waals surface area contributed by atoms with Gasteiger partial charge in [0.25, 0.3) is 15.9 Å². The number of carbonyl (C=O) groups excluding carboxylic acids is 1. The van der Waals surface area contributed by atoms with Crippen LogP contribution in [0.1, 0.15) is 48.3 Å². The van der Waals surface area contributed by atoms with Crippen LogP contribution in [0.5, 0.6) is 11.5 Å². The molecule has 3 rings (SSSR count). The van der Waals surface area contributed by atoms with Gasteiger partial charge in [-0.15, -0.1) is 10.2 Å². The van der Waals surface area contributed by atoms with Crippen LogP contribution < -0.4 is 19.5 Å². The maximum Gasteiger partial charge on any atom is 0.270 e. The van der Waals surface area contributed by atoms with Gasteiger partial charge in [-0.3, -0.25) is 10.1 Å². The Morgan fingerprint density at radius 3 is 2.48 bits per heavy atom. The van der Waals surface area contributed by atoms with Crippen LogP contribution in [0.15, 0.2) is 46.8 Å². The van der Waals surface area contributed by atoms with Crippen LogP contribution in [0, 0.1) is 6.92 Å². The minimum Gasteiger partial charge on any atom is -0.490 e. The number of aryl methyl sites for hydroxylation is 1. The van der Waals surface area contributed by atoms with Crippen LogP contribution in [-0.2, 0) is 10.0 Å². The van der Waals surface area contributed by atoms with E-state index in [0.29, 0.717) is 35.8 Å². The molecule has 0 radical (unpaired) electrons. The number of anilines is 1. The van der Waals surface area contributed by atoms with Crippen LogP contribution in [-0.4, -0.2) is 37.7 Å². The maximum atomic E-state index is 12.8. The van der Waals surface area contributed by atoms with Gasteiger partial charge in [0, 0.05) is 11.6 Å². The van der Waals surface area contributed by atoms with E-state index in [1.54, 1.807) is 43.3 Å². The first kappa shape index (κ1) is 24.6. The van der Waals surface area contributed by atoms with Crippen molar-refractivity contribution in [3.63, 3.8) is 0 Å². The van der Waals surface area contributed by atoms with Crippen molar-refractivity contribution in [2.24, 2.45) is 0 Å². The van der Waals surface area contributed by atoms with Crippen LogP contribution >= 0.6 is 11.3 Å². The Kier molecular flexibility index (Phi) is 8.01. The fourth-order valence-electron chi connectivity index (χ4n) is 3.01. The van der Waals surface area contributed by atoms with Crippen molar-refractivity contribution >= 4 is 32.4 Å². The van der Waals surface area contributed by atoms with Gasteiger partial charge < -0.3 is 9.47 Å². The third-order valence-electron chi connectivity index (χ3n) is 4.54. The molecule has 0 aliphatic carbocycles. The highest BCUT2D eigenvalue weighted by Gasteiger charge is 2.24. The molecule has 1 aromatic heterocycles. The highest BCUT2D eigenvalue weighted by atomic mass is 32.2. The van der Waals surface area contributed by atoms with Gasteiger partial charge in [-0.05, 0) is 57.5 Å². The number of sulfonamides is 1. The number of carbonyl (C=O) groups is 1. The summed E-state index contributed by atoms with van der Waals surface area (Å²) in [6, 6.07) is 11.7. The van der Waals surface area contributed by atoms with Gasteiger partial charge >= 0.3 is 0 Å². The number of hydrogen-bond acceptors (Lipinski definition) is 8. The second-order valence-electron chi connectivity index (χ2n) is 7.11. The van der Waals surface area contributed by atoms with Crippen LogP contribution in [0.4, 0.5) is 5.13 Å². The minimum absolute atomic E-state index is 0.0919. The Morgan fingerprint density at radius 1 is 1.06 bits per heavy atom. The average molecular weight is 491 g/mol. The number of hydrogen-bond donors (Lipinski definition) is 2. The largest absolute Gasteiger partial charge is 0.490 e. The third-order valence-corrected chi connectivity index (χ3v) is 7.28. The molecule has 9 nitrogen and oxygen atoms in total. The Labute approximate surface area is 197 Å². The predicted molar refractivity (Wildman–Crippen MR) is 127 cm³/mol. The number of aromatic nitrogens is 2. The Hall–Kier alpha value is -3.02. The first-order chi connectivity index (χ1) is 15.7. The standard InChI is InChI=1S/C22H26N4O5S2/c1-5-30-18-11-10-16(13-19(18)31-6-2)15(4)26-33(28,29)22-25-24-21(32-22)23-20(27)17-9-7-8-14(3)12-17/h7-13,15,26H,5-6H2,1-4H3,(H,23,24,27)/t15-/m1/s1. The average Bonchev–Trinajstić information content (AvgIpc) is 3.24. The normalized spacial score (nSPS) is 12.2. The first-order valence-corrected chi connectivity index (χ1v) is 12.7. The molecule has 0 spiro atoms. The molecule has 176 valence electrons. The number of rotatable bonds is 10. The van der Waals surface area contributed by atoms with Gasteiger partial charge in [-0.25, -0.2) is 13.1 Å². The molecule has 2 N–H and O–H groups in total. The SMILES string of the molecule is CCOc1ccc([C@@H](C)NS(=O)(=O)c2nnc(NC(=O)c3cccc(C)c3)s2)cc1OCC. The Bertz CT molecular complexity index is 1230. The lowest BCUT2D eigenvalue weighted by Crippen LogP contribution is -2.26. The summed E-state index contributed by atoms with van der Waals surface area (Å²) in [6.07, 6.45) is 0. The van der Waals surface area contributed by atoms with Crippen molar-refractivity contribution in [2.45, 2.75) is 38.1 Å². The van der Waals surface area contributed by atoms with E-state index in [4.69, 9.17) is 9.47 Å². The molecule has 0 saturated heterocycles. The number of ether oxygens (including phenoxy) is 2. The number of benzene rings is 2. The van der Waals surface area contributed by atoms with Gasteiger partial charge in [0.15, 0.2) is 11.5 Å². The summed E-state index contributed by atoms with van der Waals surface area (Å²) < 4.78 is 39.2. The van der Waals surface area contributed by atoms with Gasteiger partial charge in [0.05, 0.1) is 13.2 Å². The summed E-state index contributed by atoms with van der Waals surface area (Å²) in [5, 5.41) is 10.2. The Morgan fingerprint density at radius 2 is 1.79 bits per heavy atom. The van der Waals surface area contributed by atoms with Crippen LogP contribution in [0.3, 0.4) is 0 Å². The van der Waals surface area contributed by atoms with Gasteiger partial charge in [-0.1, -0.05) is 35.1 Å². The van der Waals surface area contributed by atoms with Crippen molar-refractivity contribution in [2.75, 3.05) is 18.5 Å². The molecule has 0 unspecified atom stereocenters. The molecule has 0 saturated carbocycles. The monoisotopic (exact) mass is 490 g/mol. The van der Waals surface area contributed by atoms with E-state index in [-0.39, 0.29) is 9.47 Å². The van der Waals surface area contributed by atoms with Crippen LogP contribution in [0.25, 0.3) is 0 Å². The molecular weight excluding hydrogens is 464 g/mol. The lowest BCUT2D eigenvalue weighted by atomic mass is 10.1.